The van der Waals surface area contributed by atoms with Crippen molar-refractivity contribution in [3.63, 3.8) is 0 Å². The lowest BCUT2D eigenvalue weighted by molar-refractivity contribution is -0.145. The number of rotatable bonds is 12. The van der Waals surface area contributed by atoms with Gasteiger partial charge in [-0.05, 0) is 121 Å². The maximum Gasteiger partial charge on any atom is 0.323 e. The zero-order valence-corrected chi connectivity index (χ0v) is 49.4. The minimum atomic E-state index is -0.954. The third-order valence-corrected chi connectivity index (χ3v) is 13.7. The Bertz CT molecular complexity index is 4100. The van der Waals surface area contributed by atoms with Crippen LogP contribution >= 0.6 is 25.9 Å². The molecule has 2 aliphatic rings. The number of nitrogens with zero attached hydrogens (tertiary/aromatic N) is 11. The molecule has 2 aliphatic heterocycles. The summed E-state index contributed by atoms with van der Waals surface area (Å²) in [6.45, 7) is 11.8. The number of nitrogens with one attached hydrogen (secondary N) is 3. The Labute approximate surface area is 499 Å². The molecule has 0 bridgehead atoms. The molecule has 2 saturated heterocycles. The van der Waals surface area contributed by atoms with E-state index in [1.165, 1.54) is 13.8 Å². The van der Waals surface area contributed by atoms with Gasteiger partial charge < -0.3 is 35.1 Å². The Morgan fingerprint density at radius 3 is 1.49 bits per heavy atom. The van der Waals surface area contributed by atoms with Crippen LogP contribution in [0.2, 0.25) is 0 Å². The van der Waals surface area contributed by atoms with Crippen molar-refractivity contribution in [3.8, 4) is 22.3 Å². The Morgan fingerprint density at radius 2 is 1.08 bits per heavy atom. The predicted molar refractivity (Wildman–Crippen MR) is 329 cm³/mol. The number of carboxylic acid groups (broad SMARTS) is 1. The Kier molecular flexibility index (Phi) is 20.1. The Balaban J connectivity index is 0.000000193. The number of fused-ring (bicyclic) bond motifs is 4. The van der Waals surface area contributed by atoms with Gasteiger partial charge in [-0.25, -0.2) is 29.0 Å². The van der Waals surface area contributed by atoms with Crippen LogP contribution in [0.3, 0.4) is 0 Å². The molecular weight excluding hydrogens is 1140 g/mol. The molecule has 0 saturated carbocycles. The number of aryl methyl sites for hydroxylation is 4. The lowest BCUT2D eigenvalue weighted by Crippen LogP contribution is -2.57. The second-order valence-corrected chi connectivity index (χ2v) is 19.7. The van der Waals surface area contributed by atoms with Gasteiger partial charge in [0.2, 0.25) is 17.7 Å². The number of ketones is 2. The standard InChI is InChI=1S/C29H27N7O3.C19H16N4O3.C10H13N3O.ClH.S2.H2S/c1-17-5-4-6-26(31-17)32-29(39)25-9-10-35(25)28(38)16-34-15-23(19(3)37)22-12-20(7-8-24(22)34)21-13-30-27-11-18(2)33-36(27)14-21;1-11-5-18-20-7-14(8-23(18)21-11)13-3-4-17-15(6-13)16(12(2)24)9-22(17)10-19(25)26;1-7-3-2-4-9(12-7)13-10(14)8-5-6-11-8;;1-2;/h4-8,11-15,25H,9-10,16H2,1-3H3,(H,31,32,39);3-9H,10H2,1-2H3,(H,25,26);2-4,8,11H,5-6H2,1H3,(H,12,13,14);1H;;1H2/t25-;;8-;;;/m0.0.../s1. The molecule has 0 radical (unpaired) electrons. The smallest absolute Gasteiger partial charge is 0.323 e. The molecule has 3 amide bonds. The van der Waals surface area contributed by atoms with E-state index in [0.717, 1.165) is 85.6 Å². The summed E-state index contributed by atoms with van der Waals surface area (Å²) in [4.78, 5) is 92.2. The first-order valence-corrected chi connectivity index (χ1v) is 27.1. The van der Waals surface area contributed by atoms with Gasteiger partial charge in [0.1, 0.15) is 30.8 Å². The summed E-state index contributed by atoms with van der Waals surface area (Å²) in [6, 6.07) is 25.6. The van der Waals surface area contributed by atoms with Crippen LogP contribution in [0.1, 0.15) is 70.2 Å². The van der Waals surface area contributed by atoms with Crippen LogP contribution in [0.15, 0.2) is 122 Å². The summed E-state index contributed by atoms with van der Waals surface area (Å²) in [5.74, 6) is -0.480. The van der Waals surface area contributed by atoms with E-state index in [1.54, 1.807) is 60.0 Å². The topological polar surface area (TPSA) is 258 Å². The van der Waals surface area contributed by atoms with E-state index in [0.29, 0.717) is 41.2 Å². The van der Waals surface area contributed by atoms with Gasteiger partial charge in [0.15, 0.2) is 22.9 Å². The van der Waals surface area contributed by atoms with Crippen LogP contribution < -0.4 is 16.0 Å². The fraction of sp³-hybridized carbons (Fsp3) is 0.241. The monoisotopic (exact) mass is 1190 g/mol. The number of carbonyl (C=O) groups is 6. The van der Waals surface area contributed by atoms with E-state index in [4.69, 9.17) is 5.11 Å². The van der Waals surface area contributed by atoms with Crippen molar-refractivity contribution in [2.75, 3.05) is 23.7 Å². The summed E-state index contributed by atoms with van der Waals surface area (Å²) in [5.41, 5.74) is 11.0. The number of amides is 3. The van der Waals surface area contributed by atoms with Crippen molar-refractivity contribution in [1.82, 2.24) is 58.5 Å². The van der Waals surface area contributed by atoms with Gasteiger partial charge in [-0.2, -0.15) is 23.7 Å². The van der Waals surface area contributed by atoms with Crippen molar-refractivity contribution in [2.45, 2.75) is 79.6 Å². The number of anilines is 2. The van der Waals surface area contributed by atoms with Crippen molar-refractivity contribution < 1.29 is 33.9 Å². The molecule has 10 aromatic rings. The summed E-state index contributed by atoms with van der Waals surface area (Å²) >= 11 is 7.33. The summed E-state index contributed by atoms with van der Waals surface area (Å²) < 4.78 is 6.82. The molecule has 0 spiro atoms. The first-order chi connectivity index (χ1) is 38.9. The molecule has 0 aliphatic carbocycles. The van der Waals surface area contributed by atoms with Crippen molar-refractivity contribution in [2.24, 2.45) is 0 Å². The number of pyridine rings is 2. The van der Waals surface area contributed by atoms with Crippen LogP contribution in [0.4, 0.5) is 11.6 Å². The molecule has 12 rings (SSSR count). The van der Waals surface area contributed by atoms with Gasteiger partial charge in [-0.15, -0.1) is 12.4 Å². The Morgan fingerprint density at radius 1 is 0.614 bits per heavy atom. The van der Waals surface area contributed by atoms with Crippen LogP contribution in [-0.2, 0) is 54.6 Å². The predicted octanol–water partition coefficient (Wildman–Crippen LogP) is 7.97. The number of halogens is 1. The van der Waals surface area contributed by atoms with E-state index in [9.17, 15) is 28.8 Å². The maximum absolute atomic E-state index is 13.3. The third-order valence-electron chi connectivity index (χ3n) is 13.7. The van der Waals surface area contributed by atoms with Gasteiger partial charge in [0, 0.05) is 134 Å². The molecule has 10 heterocycles. The van der Waals surface area contributed by atoms with E-state index >= 15 is 0 Å². The van der Waals surface area contributed by atoms with Crippen molar-refractivity contribution >= 4 is 128 Å². The summed E-state index contributed by atoms with van der Waals surface area (Å²) in [5, 5.41) is 28.0. The molecule has 0 unspecified atom stereocenters. The second kappa shape index (κ2) is 26.9. The number of likely N-dealkylation sites (tertiary alicyclic amines) is 1. The fourth-order valence-corrected chi connectivity index (χ4v) is 9.57. The van der Waals surface area contributed by atoms with Gasteiger partial charge in [0.05, 0.1) is 17.4 Å². The van der Waals surface area contributed by atoms with Crippen LogP contribution in [0.5, 0.6) is 0 Å². The highest BCUT2D eigenvalue weighted by Gasteiger charge is 2.38. The lowest BCUT2D eigenvalue weighted by atomic mass is 10.0. The first-order valence-electron chi connectivity index (χ1n) is 25.8. The number of Topliss-reactive ketones (excluding diaryl/α,β-unsaturated/α-hetero) is 2. The highest BCUT2D eigenvalue weighted by atomic mass is 35.5. The number of hydrogen-bond acceptors (Lipinski definition) is 15. The number of carbonyl (C=O) groups excluding carboxylic acids is 5. The quantitative estimate of drug-likeness (QED) is 0.0846. The number of aliphatic carboxylic acids is 1. The number of benzene rings is 2. The molecule has 2 atom stereocenters. The van der Waals surface area contributed by atoms with E-state index in [2.05, 4.69) is 68.5 Å². The van der Waals surface area contributed by atoms with E-state index < -0.39 is 12.0 Å². The number of hydrogen-bond donors (Lipinski definition) is 4. The van der Waals surface area contributed by atoms with Crippen LogP contribution in [0.25, 0.3) is 55.4 Å². The van der Waals surface area contributed by atoms with Crippen molar-refractivity contribution in [3.05, 3.63) is 156 Å². The fourth-order valence-electron chi connectivity index (χ4n) is 9.57. The van der Waals surface area contributed by atoms with Gasteiger partial charge >= 0.3 is 5.97 Å². The maximum atomic E-state index is 13.3. The van der Waals surface area contributed by atoms with Gasteiger partial charge in [-0.1, -0.05) is 24.3 Å². The Hall–Kier alpha value is -8.68. The molecule has 83 heavy (non-hydrogen) atoms. The van der Waals surface area contributed by atoms with Crippen LogP contribution in [-0.4, -0.2) is 119 Å². The lowest BCUT2D eigenvalue weighted by Gasteiger charge is -2.39. The molecule has 8 aromatic heterocycles. The molecule has 21 nitrogen and oxygen atoms in total. The average Bonchev–Trinajstić information content (AvgIpc) is 4.38. The van der Waals surface area contributed by atoms with Crippen LogP contribution in [0, 0.1) is 27.7 Å². The molecule has 2 fully saturated rings. The van der Waals surface area contributed by atoms with E-state index in [1.807, 2.05) is 113 Å². The third kappa shape index (κ3) is 14.2. The normalized spacial score (nSPS) is 14.0. The van der Waals surface area contributed by atoms with Gasteiger partial charge in [-0.3, -0.25) is 28.8 Å². The SMILES string of the molecule is CC(=O)c1cn(CC(=O)N2CC[C@H]2C(=O)Nc2cccc(C)n2)c2ccc(-c3cnc4cc(C)nn4c3)cc12.CC(=O)c1cn(CC(=O)O)c2ccc(-c3cnc4cc(C)nn4c3)cc12.Cc1cccc(NC(=O)[C@@H]2CCN2)n1.Cl.S.S=S. The first kappa shape index (κ1) is 61.9. The highest BCUT2D eigenvalue weighted by Crippen LogP contribution is 2.31. The summed E-state index contributed by atoms with van der Waals surface area (Å²) in [7, 11) is 0. The largest absolute Gasteiger partial charge is 0.480 e. The second-order valence-electron chi connectivity index (χ2n) is 19.7. The molecular formula is C58H59ClN14O7S3. The zero-order chi connectivity index (χ0) is 57.6. The molecule has 2 aromatic carbocycles. The minimum Gasteiger partial charge on any atom is -0.480 e. The van der Waals surface area contributed by atoms with E-state index in [-0.39, 0.29) is 74.3 Å². The number of aromatic nitrogens is 10. The highest BCUT2D eigenvalue weighted by molar-refractivity contribution is 8.07. The van der Waals surface area contributed by atoms with Crippen molar-refractivity contribution in [1.29, 1.82) is 0 Å². The zero-order valence-electron chi connectivity index (χ0n) is 46.0. The average molecular weight is 1200 g/mol. The minimum absolute atomic E-state index is 0. The summed E-state index contributed by atoms with van der Waals surface area (Å²) in [6.07, 6.45) is 12.2. The molecule has 25 heteroatoms. The molecule has 428 valence electrons. The van der Waals surface area contributed by atoms with Gasteiger partial charge in [0.25, 0.3) is 0 Å². The molecule has 4 N–H and O–H groups in total. The number of carboxylic acids is 1.